The number of ether oxygens (including phenoxy) is 1. The maximum atomic E-state index is 12.6. The Morgan fingerprint density at radius 2 is 0.575 bits per heavy atom. The number of hydrogen-bond donors (Lipinski definition) is 3. The molecule has 0 aromatic heterocycles. The van der Waals surface area contributed by atoms with Crippen LogP contribution in [0.1, 0.15) is 444 Å². The van der Waals surface area contributed by atoms with E-state index in [1.165, 1.54) is 360 Å². The molecule has 0 aliphatic rings. The molecular weight excluding hydrogens is 1070 g/mol. The maximum Gasteiger partial charge on any atom is 0.305 e. The van der Waals surface area contributed by atoms with Gasteiger partial charge in [0.2, 0.25) is 5.91 Å². The van der Waals surface area contributed by atoms with E-state index in [2.05, 4.69) is 55.6 Å². The third-order valence-electron chi connectivity index (χ3n) is 18.7. The topological polar surface area (TPSA) is 95.9 Å². The number of amides is 1. The molecule has 1 amide bonds. The van der Waals surface area contributed by atoms with Crippen molar-refractivity contribution < 1.29 is 24.5 Å². The van der Waals surface area contributed by atoms with Crippen LogP contribution in [0, 0.1) is 0 Å². The van der Waals surface area contributed by atoms with Crippen molar-refractivity contribution in [1.29, 1.82) is 0 Å². The van der Waals surface area contributed by atoms with E-state index in [4.69, 9.17) is 4.74 Å². The van der Waals surface area contributed by atoms with Gasteiger partial charge in [0.1, 0.15) is 0 Å². The zero-order chi connectivity index (χ0) is 62.8. The summed E-state index contributed by atoms with van der Waals surface area (Å²) in [6.07, 6.45) is 99.4. The molecule has 0 heterocycles. The van der Waals surface area contributed by atoms with Crippen LogP contribution in [0.2, 0.25) is 0 Å². The molecule has 0 radical (unpaired) electrons. The summed E-state index contributed by atoms with van der Waals surface area (Å²) in [4.78, 5) is 24.7. The minimum Gasteiger partial charge on any atom is -0.466 e. The lowest BCUT2D eigenvalue weighted by molar-refractivity contribution is -0.143. The largest absolute Gasteiger partial charge is 0.466 e. The van der Waals surface area contributed by atoms with Gasteiger partial charge in [-0.2, -0.15) is 0 Å². The third kappa shape index (κ3) is 73.0. The number of hydrogen-bond acceptors (Lipinski definition) is 5. The maximum absolute atomic E-state index is 12.6. The summed E-state index contributed by atoms with van der Waals surface area (Å²) in [7, 11) is 0. The summed E-state index contributed by atoms with van der Waals surface area (Å²) in [5.74, 6) is -0.0250. The molecule has 0 rings (SSSR count). The quantitative estimate of drug-likeness (QED) is 0.0320. The molecule has 2 unspecified atom stereocenters. The Morgan fingerprint density at radius 3 is 0.897 bits per heavy atom. The van der Waals surface area contributed by atoms with Crippen LogP contribution < -0.4 is 5.32 Å². The van der Waals surface area contributed by atoms with Crippen LogP contribution in [0.3, 0.4) is 0 Å². The highest BCUT2D eigenvalue weighted by atomic mass is 16.5. The van der Waals surface area contributed by atoms with Crippen molar-refractivity contribution in [2.45, 2.75) is 456 Å². The predicted molar refractivity (Wildman–Crippen MR) is 384 cm³/mol. The highest BCUT2D eigenvalue weighted by Crippen LogP contribution is 2.20. The van der Waals surface area contributed by atoms with Crippen LogP contribution in [-0.2, 0) is 14.3 Å². The monoisotopic (exact) mass is 1220 g/mol. The van der Waals surface area contributed by atoms with E-state index in [0.29, 0.717) is 25.9 Å². The van der Waals surface area contributed by atoms with Crippen molar-refractivity contribution in [3.8, 4) is 0 Å². The van der Waals surface area contributed by atoms with Gasteiger partial charge in [-0.1, -0.05) is 384 Å². The van der Waals surface area contributed by atoms with E-state index < -0.39 is 12.1 Å². The first kappa shape index (κ1) is 85.1. The van der Waals surface area contributed by atoms with Gasteiger partial charge < -0.3 is 20.3 Å². The number of allylic oxidation sites excluding steroid dienone is 6. The molecule has 0 saturated heterocycles. The van der Waals surface area contributed by atoms with Crippen molar-refractivity contribution in [2.75, 3.05) is 13.2 Å². The Hall–Kier alpha value is -1.92. The molecule has 6 nitrogen and oxygen atoms in total. The van der Waals surface area contributed by atoms with Crippen LogP contribution in [0.15, 0.2) is 36.5 Å². The van der Waals surface area contributed by atoms with Crippen LogP contribution in [0.5, 0.6) is 0 Å². The number of aliphatic hydroxyl groups excluding tert-OH is 2. The molecule has 0 fully saturated rings. The van der Waals surface area contributed by atoms with Crippen molar-refractivity contribution >= 4 is 11.9 Å². The minimum absolute atomic E-state index is 0.00385. The third-order valence-corrected chi connectivity index (χ3v) is 18.7. The minimum atomic E-state index is -0.666. The van der Waals surface area contributed by atoms with E-state index >= 15 is 0 Å². The number of aliphatic hydroxyl groups is 2. The number of carbonyl (C=O) groups is 2. The van der Waals surface area contributed by atoms with E-state index in [1.54, 1.807) is 0 Å². The van der Waals surface area contributed by atoms with Crippen molar-refractivity contribution in [3.63, 3.8) is 0 Å². The second-order valence-corrected chi connectivity index (χ2v) is 27.4. The first-order valence-corrected chi connectivity index (χ1v) is 39.7. The average molecular weight is 1220 g/mol. The number of unbranched alkanes of at least 4 members (excludes halogenated alkanes) is 58. The van der Waals surface area contributed by atoms with Gasteiger partial charge in [0.15, 0.2) is 0 Å². The SMILES string of the molecule is CCCCCC/C=C\C/C=C\CCCCCCCC(=O)OCCCCCCCCCCCCCC/C=C\CCCCCCCCCCCCCCCC(=O)NC(CO)C(O)CCCCCCCCCCCCCCCCCCCCCCCCCCC. The Bertz CT molecular complexity index is 1410. The molecule has 2 atom stereocenters. The average Bonchev–Trinajstić information content (AvgIpc) is 3.52. The van der Waals surface area contributed by atoms with E-state index in [-0.39, 0.29) is 18.5 Å². The van der Waals surface area contributed by atoms with Gasteiger partial charge >= 0.3 is 5.97 Å². The molecule has 0 aliphatic carbocycles. The van der Waals surface area contributed by atoms with Crippen LogP contribution in [-0.4, -0.2) is 47.4 Å². The van der Waals surface area contributed by atoms with E-state index in [0.717, 1.165) is 51.4 Å². The fraction of sp³-hybridized carbons (Fsp3) is 0.901. The standard InChI is InChI=1S/C81H155NO5/c1-3-5-7-9-11-13-15-17-19-21-22-23-24-30-33-36-39-42-45-49-53-57-61-65-69-73-79(84)78(77-83)82-80(85)74-70-66-62-58-54-50-46-43-40-37-34-31-28-26-25-27-29-32-35-38-41-44-48-52-56-60-64-68-72-76-87-81(86)75-71-67-63-59-55-51-47-20-18-16-14-12-10-8-6-4-2/h14,16,20,25,27,47,78-79,83-84H,3-13,15,17-19,21-24,26,28-46,48-77H2,1-2H3,(H,82,85)/b16-14-,27-25-,47-20-. The van der Waals surface area contributed by atoms with E-state index in [1.807, 2.05) is 0 Å². The fourth-order valence-electron chi connectivity index (χ4n) is 12.6. The first-order valence-electron chi connectivity index (χ1n) is 39.7. The molecule has 0 spiro atoms. The first-order chi connectivity index (χ1) is 43.0. The fourth-order valence-corrected chi connectivity index (χ4v) is 12.6. The van der Waals surface area contributed by atoms with Crippen molar-refractivity contribution in [2.24, 2.45) is 0 Å². The molecule has 3 N–H and O–H groups in total. The number of nitrogens with one attached hydrogen (secondary N) is 1. The van der Waals surface area contributed by atoms with Gasteiger partial charge in [-0.15, -0.1) is 0 Å². The van der Waals surface area contributed by atoms with Crippen molar-refractivity contribution in [3.05, 3.63) is 36.5 Å². The summed E-state index contributed by atoms with van der Waals surface area (Å²) >= 11 is 0. The molecular formula is C81H155NO5. The molecule has 0 saturated carbocycles. The smallest absolute Gasteiger partial charge is 0.305 e. The summed E-state index contributed by atoms with van der Waals surface area (Å²) in [5, 5.41) is 23.5. The summed E-state index contributed by atoms with van der Waals surface area (Å²) in [5.41, 5.74) is 0. The number of esters is 1. The highest BCUT2D eigenvalue weighted by Gasteiger charge is 2.20. The summed E-state index contributed by atoms with van der Waals surface area (Å²) in [6.45, 7) is 4.98. The molecule has 6 heteroatoms. The Morgan fingerprint density at radius 1 is 0.322 bits per heavy atom. The zero-order valence-corrected chi connectivity index (χ0v) is 59.0. The molecule has 0 aromatic rings. The molecule has 0 bridgehead atoms. The number of carbonyl (C=O) groups excluding carboxylic acids is 2. The van der Waals surface area contributed by atoms with Gasteiger partial charge in [-0.25, -0.2) is 0 Å². The number of rotatable bonds is 75. The molecule has 87 heavy (non-hydrogen) atoms. The van der Waals surface area contributed by atoms with Gasteiger partial charge in [0, 0.05) is 12.8 Å². The van der Waals surface area contributed by atoms with Gasteiger partial charge in [0.05, 0.1) is 25.4 Å². The van der Waals surface area contributed by atoms with E-state index in [9.17, 15) is 19.8 Å². The lowest BCUT2D eigenvalue weighted by atomic mass is 10.0. The van der Waals surface area contributed by atoms with Gasteiger partial charge in [-0.3, -0.25) is 9.59 Å². The Balaban J connectivity index is 3.38. The predicted octanol–water partition coefficient (Wildman–Crippen LogP) is 26.2. The molecule has 0 aromatic carbocycles. The Labute approximate surface area is 544 Å². The van der Waals surface area contributed by atoms with Crippen LogP contribution in [0.25, 0.3) is 0 Å². The second-order valence-electron chi connectivity index (χ2n) is 27.4. The van der Waals surface area contributed by atoms with Crippen molar-refractivity contribution in [1.82, 2.24) is 5.32 Å². The molecule has 514 valence electrons. The lowest BCUT2D eigenvalue weighted by Crippen LogP contribution is -2.45. The lowest BCUT2D eigenvalue weighted by Gasteiger charge is -2.22. The second kappa shape index (κ2) is 76.5. The highest BCUT2D eigenvalue weighted by molar-refractivity contribution is 5.76. The van der Waals surface area contributed by atoms with Gasteiger partial charge in [0.25, 0.3) is 0 Å². The van der Waals surface area contributed by atoms with Gasteiger partial charge in [-0.05, 0) is 83.5 Å². The van der Waals surface area contributed by atoms with Crippen LogP contribution >= 0.6 is 0 Å². The zero-order valence-electron chi connectivity index (χ0n) is 59.0. The Kier molecular flexibility index (Phi) is 74.8. The summed E-state index contributed by atoms with van der Waals surface area (Å²) < 4.78 is 5.49. The molecule has 0 aliphatic heterocycles. The van der Waals surface area contributed by atoms with Crippen LogP contribution in [0.4, 0.5) is 0 Å². The summed E-state index contributed by atoms with van der Waals surface area (Å²) in [6, 6.07) is -0.543. The normalized spacial score (nSPS) is 12.6.